The highest BCUT2D eigenvalue weighted by atomic mass is 19.1. The summed E-state index contributed by atoms with van der Waals surface area (Å²) in [5, 5.41) is 8.74. The fourth-order valence-electron chi connectivity index (χ4n) is 1.70. The van der Waals surface area contributed by atoms with Crippen molar-refractivity contribution in [2.24, 2.45) is 0 Å². The van der Waals surface area contributed by atoms with Crippen molar-refractivity contribution in [2.45, 2.75) is 19.8 Å². The van der Waals surface area contributed by atoms with Crippen LogP contribution in [0.2, 0.25) is 0 Å². The first kappa shape index (κ1) is 12.8. The van der Waals surface area contributed by atoms with Crippen LogP contribution < -0.4 is 9.47 Å². The first-order chi connectivity index (χ1) is 7.65. The molecule has 3 nitrogen and oxygen atoms in total. The number of benzene rings is 1. The Morgan fingerprint density at radius 2 is 1.88 bits per heavy atom. The van der Waals surface area contributed by atoms with Crippen molar-refractivity contribution in [1.82, 2.24) is 0 Å². The molecule has 0 bridgehead atoms. The number of hydrogen-bond donors (Lipinski definition) is 1. The van der Waals surface area contributed by atoms with E-state index >= 15 is 0 Å². The van der Waals surface area contributed by atoms with E-state index in [1.54, 1.807) is 6.07 Å². The Morgan fingerprint density at radius 3 is 2.38 bits per heavy atom. The molecule has 0 aliphatic carbocycles. The molecule has 16 heavy (non-hydrogen) atoms. The maximum absolute atomic E-state index is 13.9. The zero-order valence-electron chi connectivity index (χ0n) is 9.84. The summed E-state index contributed by atoms with van der Waals surface area (Å²) in [6.07, 6.45) is 1.02. The van der Waals surface area contributed by atoms with Crippen LogP contribution in [0.5, 0.6) is 11.5 Å². The van der Waals surface area contributed by atoms with E-state index in [1.807, 2.05) is 6.92 Å². The van der Waals surface area contributed by atoms with Gasteiger partial charge < -0.3 is 14.6 Å². The number of halogens is 1. The third-order valence-corrected chi connectivity index (χ3v) is 2.45. The van der Waals surface area contributed by atoms with E-state index in [0.717, 1.165) is 5.56 Å². The molecular weight excluding hydrogens is 211 g/mol. The zero-order valence-corrected chi connectivity index (χ0v) is 9.84. The zero-order chi connectivity index (χ0) is 12.1. The molecule has 0 saturated carbocycles. The van der Waals surface area contributed by atoms with Crippen molar-refractivity contribution < 1.29 is 19.0 Å². The predicted octanol–water partition coefficient (Wildman–Crippen LogP) is 2.08. The lowest BCUT2D eigenvalue weighted by Gasteiger charge is -2.14. The minimum absolute atomic E-state index is 0.0484. The maximum Gasteiger partial charge on any atom is 0.197 e. The second kappa shape index (κ2) is 5.70. The Labute approximate surface area is 94.8 Å². The molecule has 0 radical (unpaired) electrons. The SMILES string of the molecule is COc1c(C)cc(CCCO)c(F)c1OC. The standard InChI is InChI=1S/C12H17FO3/c1-8-7-9(5-4-6-14)10(13)12(16-3)11(8)15-2/h7,14H,4-6H2,1-3H3. The average molecular weight is 228 g/mol. The van der Waals surface area contributed by atoms with Gasteiger partial charge >= 0.3 is 0 Å². The number of aliphatic hydroxyl groups excluding tert-OH is 1. The van der Waals surface area contributed by atoms with Gasteiger partial charge in [0, 0.05) is 6.61 Å². The van der Waals surface area contributed by atoms with Gasteiger partial charge in [0.25, 0.3) is 0 Å². The third kappa shape index (κ3) is 2.44. The summed E-state index contributed by atoms with van der Waals surface area (Å²) >= 11 is 0. The van der Waals surface area contributed by atoms with Crippen molar-refractivity contribution in [1.29, 1.82) is 0 Å². The largest absolute Gasteiger partial charge is 0.492 e. The van der Waals surface area contributed by atoms with Crippen LogP contribution in [0.4, 0.5) is 4.39 Å². The number of aryl methyl sites for hydroxylation is 2. The summed E-state index contributed by atoms with van der Waals surface area (Å²) in [5.74, 6) is 0.154. The summed E-state index contributed by atoms with van der Waals surface area (Å²) in [7, 11) is 2.90. The van der Waals surface area contributed by atoms with Gasteiger partial charge in [0.2, 0.25) is 0 Å². The molecule has 0 heterocycles. The molecule has 90 valence electrons. The Hall–Kier alpha value is -1.29. The summed E-state index contributed by atoms with van der Waals surface area (Å²) in [5.41, 5.74) is 1.37. The second-order valence-corrected chi connectivity index (χ2v) is 3.56. The minimum Gasteiger partial charge on any atom is -0.492 e. The molecule has 0 aromatic heterocycles. The molecule has 0 aliphatic heterocycles. The molecule has 1 rings (SSSR count). The monoisotopic (exact) mass is 228 g/mol. The normalized spacial score (nSPS) is 10.3. The molecule has 1 N–H and O–H groups in total. The van der Waals surface area contributed by atoms with E-state index in [9.17, 15) is 4.39 Å². The maximum atomic E-state index is 13.9. The van der Waals surface area contributed by atoms with E-state index in [4.69, 9.17) is 14.6 Å². The molecule has 0 saturated heterocycles. The molecule has 0 fully saturated rings. The fraction of sp³-hybridized carbons (Fsp3) is 0.500. The number of hydrogen-bond acceptors (Lipinski definition) is 3. The molecule has 0 unspecified atom stereocenters. The van der Waals surface area contributed by atoms with Crippen molar-refractivity contribution in [3.63, 3.8) is 0 Å². The van der Waals surface area contributed by atoms with Crippen LogP contribution in [-0.2, 0) is 6.42 Å². The minimum atomic E-state index is -0.404. The Balaban J connectivity index is 3.17. The average Bonchev–Trinajstić information content (AvgIpc) is 2.29. The van der Waals surface area contributed by atoms with Crippen molar-refractivity contribution in [3.05, 3.63) is 23.0 Å². The van der Waals surface area contributed by atoms with Gasteiger partial charge in [-0.15, -0.1) is 0 Å². The lowest BCUT2D eigenvalue weighted by molar-refractivity contribution is 0.287. The van der Waals surface area contributed by atoms with Gasteiger partial charge in [0.05, 0.1) is 14.2 Å². The smallest absolute Gasteiger partial charge is 0.197 e. The molecule has 1 aromatic carbocycles. The number of ether oxygens (including phenoxy) is 2. The van der Waals surface area contributed by atoms with Crippen LogP contribution in [0.25, 0.3) is 0 Å². The quantitative estimate of drug-likeness (QED) is 0.838. The molecule has 1 aromatic rings. The van der Waals surface area contributed by atoms with Crippen LogP contribution in [0.1, 0.15) is 17.5 Å². The Morgan fingerprint density at radius 1 is 1.25 bits per heavy atom. The van der Waals surface area contributed by atoms with Gasteiger partial charge in [-0.1, -0.05) is 0 Å². The number of rotatable bonds is 5. The van der Waals surface area contributed by atoms with Gasteiger partial charge in [-0.05, 0) is 37.0 Å². The number of methoxy groups -OCH3 is 2. The highest BCUT2D eigenvalue weighted by Crippen LogP contribution is 2.35. The van der Waals surface area contributed by atoms with E-state index in [-0.39, 0.29) is 12.4 Å². The molecule has 0 atom stereocenters. The third-order valence-electron chi connectivity index (χ3n) is 2.45. The van der Waals surface area contributed by atoms with Crippen molar-refractivity contribution in [2.75, 3.05) is 20.8 Å². The second-order valence-electron chi connectivity index (χ2n) is 3.56. The van der Waals surface area contributed by atoms with Gasteiger partial charge in [-0.25, -0.2) is 4.39 Å². The summed E-state index contributed by atoms with van der Waals surface area (Å²) in [6, 6.07) is 1.73. The molecule has 4 heteroatoms. The molecule has 0 spiro atoms. The Kier molecular flexibility index (Phi) is 4.55. The van der Waals surface area contributed by atoms with Gasteiger partial charge in [-0.3, -0.25) is 0 Å². The fourth-order valence-corrected chi connectivity index (χ4v) is 1.70. The first-order valence-corrected chi connectivity index (χ1v) is 5.16. The van der Waals surface area contributed by atoms with E-state index in [2.05, 4.69) is 0 Å². The van der Waals surface area contributed by atoms with Crippen LogP contribution >= 0.6 is 0 Å². The van der Waals surface area contributed by atoms with Gasteiger partial charge in [0.1, 0.15) is 0 Å². The number of aliphatic hydroxyl groups is 1. The first-order valence-electron chi connectivity index (χ1n) is 5.16. The molecular formula is C12H17FO3. The summed E-state index contributed by atoms with van der Waals surface area (Å²) < 4.78 is 24.0. The van der Waals surface area contributed by atoms with Crippen LogP contribution in [0, 0.1) is 12.7 Å². The van der Waals surface area contributed by atoms with Gasteiger partial charge in [0.15, 0.2) is 17.3 Å². The van der Waals surface area contributed by atoms with Gasteiger partial charge in [-0.2, -0.15) is 0 Å². The summed E-state index contributed by atoms with van der Waals surface area (Å²) in [6.45, 7) is 1.88. The molecule has 0 aliphatic rings. The molecule has 0 amide bonds. The predicted molar refractivity (Wildman–Crippen MR) is 59.6 cm³/mol. The van der Waals surface area contributed by atoms with Crippen molar-refractivity contribution in [3.8, 4) is 11.5 Å². The lowest BCUT2D eigenvalue weighted by atomic mass is 10.0. The van der Waals surface area contributed by atoms with Crippen molar-refractivity contribution >= 4 is 0 Å². The highest BCUT2D eigenvalue weighted by molar-refractivity contribution is 5.50. The van der Waals surface area contributed by atoms with Crippen LogP contribution in [0.3, 0.4) is 0 Å². The van der Waals surface area contributed by atoms with Crippen LogP contribution in [0.15, 0.2) is 6.07 Å². The summed E-state index contributed by atoms with van der Waals surface area (Å²) in [4.78, 5) is 0. The van der Waals surface area contributed by atoms with Crippen LogP contribution in [-0.4, -0.2) is 25.9 Å². The lowest BCUT2D eigenvalue weighted by Crippen LogP contribution is -2.01. The highest BCUT2D eigenvalue weighted by Gasteiger charge is 2.17. The van der Waals surface area contributed by atoms with E-state index < -0.39 is 5.82 Å². The topological polar surface area (TPSA) is 38.7 Å². The Bertz CT molecular complexity index is 364. The van der Waals surface area contributed by atoms with E-state index in [1.165, 1.54) is 14.2 Å². The van der Waals surface area contributed by atoms with E-state index in [0.29, 0.717) is 24.2 Å².